The predicted molar refractivity (Wildman–Crippen MR) is 85.4 cm³/mol. The highest BCUT2D eigenvalue weighted by Crippen LogP contribution is 2.26. The first-order valence-electron chi connectivity index (χ1n) is 5.50. The van der Waals surface area contributed by atoms with E-state index in [9.17, 15) is 0 Å². The van der Waals surface area contributed by atoms with E-state index in [2.05, 4.69) is 62.3 Å². The highest BCUT2D eigenvalue weighted by molar-refractivity contribution is 9.10. The van der Waals surface area contributed by atoms with Gasteiger partial charge in [-0.1, -0.05) is 39.7 Å². The van der Waals surface area contributed by atoms with E-state index in [-0.39, 0.29) is 0 Å². The highest BCUT2D eigenvalue weighted by Gasteiger charge is 2.02. The Bertz CT molecular complexity index is 570. The maximum atomic E-state index is 5.98. The van der Waals surface area contributed by atoms with E-state index in [1.807, 2.05) is 18.2 Å². The van der Waals surface area contributed by atoms with Gasteiger partial charge >= 0.3 is 0 Å². The minimum Gasteiger partial charge on any atom is -0.380 e. The van der Waals surface area contributed by atoms with Crippen LogP contribution < -0.4 is 5.32 Å². The van der Waals surface area contributed by atoms with Gasteiger partial charge < -0.3 is 5.32 Å². The largest absolute Gasteiger partial charge is 0.380 e. The molecule has 2 aromatic rings. The third kappa shape index (κ3) is 3.50. The van der Waals surface area contributed by atoms with Gasteiger partial charge in [-0.2, -0.15) is 0 Å². The normalized spacial score (nSPS) is 10.4. The molecule has 0 amide bonds. The molecule has 4 heteroatoms. The zero-order valence-electron chi connectivity index (χ0n) is 9.81. The van der Waals surface area contributed by atoms with Gasteiger partial charge in [0.05, 0.1) is 5.69 Å². The third-order valence-electron chi connectivity index (χ3n) is 2.65. The molecule has 0 heterocycles. The van der Waals surface area contributed by atoms with E-state index < -0.39 is 0 Å². The van der Waals surface area contributed by atoms with Crippen molar-refractivity contribution in [1.82, 2.24) is 0 Å². The fourth-order valence-corrected chi connectivity index (χ4v) is 2.56. The van der Waals surface area contributed by atoms with E-state index in [1.165, 1.54) is 11.1 Å². The second-order valence-electron chi connectivity index (χ2n) is 4.06. The first-order valence-corrected chi connectivity index (χ1v) is 7.46. The van der Waals surface area contributed by atoms with E-state index in [4.69, 9.17) is 11.6 Å². The summed E-state index contributed by atoms with van der Waals surface area (Å²) in [6.07, 6.45) is 0. The molecule has 0 saturated heterocycles. The van der Waals surface area contributed by atoms with E-state index in [1.54, 1.807) is 0 Å². The van der Waals surface area contributed by atoms with Crippen molar-refractivity contribution < 1.29 is 0 Å². The smallest absolute Gasteiger partial charge is 0.0502 e. The summed E-state index contributed by atoms with van der Waals surface area (Å²) in [5, 5.41) is 4.09. The molecule has 0 aliphatic heterocycles. The Morgan fingerprint density at radius 2 is 1.83 bits per heavy atom. The van der Waals surface area contributed by atoms with Gasteiger partial charge in [0.25, 0.3) is 0 Å². The molecule has 0 saturated carbocycles. The summed E-state index contributed by atoms with van der Waals surface area (Å²) in [7, 11) is 0. The number of nitrogens with one attached hydrogen (secondary N) is 1. The number of hydrogen-bond acceptors (Lipinski definition) is 1. The second kappa shape index (κ2) is 6.09. The number of rotatable bonds is 3. The van der Waals surface area contributed by atoms with E-state index >= 15 is 0 Å². The van der Waals surface area contributed by atoms with Crippen molar-refractivity contribution in [2.45, 2.75) is 13.5 Å². The van der Waals surface area contributed by atoms with Crippen molar-refractivity contribution in [2.75, 3.05) is 5.32 Å². The molecule has 0 aliphatic rings. The lowest BCUT2D eigenvalue weighted by Crippen LogP contribution is -2.00. The number of halogens is 3. The van der Waals surface area contributed by atoms with Crippen molar-refractivity contribution in [3.05, 3.63) is 61.5 Å². The van der Waals surface area contributed by atoms with Gasteiger partial charge in [-0.3, -0.25) is 0 Å². The summed E-state index contributed by atoms with van der Waals surface area (Å²) >= 11 is 13.0. The summed E-state index contributed by atoms with van der Waals surface area (Å²) in [5.74, 6) is 0. The molecule has 0 bridgehead atoms. The van der Waals surface area contributed by atoms with Crippen LogP contribution in [0.1, 0.15) is 11.1 Å². The molecule has 0 atom stereocenters. The summed E-state index contributed by atoms with van der Waals surface area (Å²) < 4.78 is 2.14. The van der Waals surface area contributed by atoms with Gasteiger partial charge in [-0.15, -0.1) is 0 Å². The van der Waals surface area contributed by atoms with Crippen LogP contribution in [0.25, 0.3) is 0 Å². The quantitative estimate of drug-likeness (QED) is 0.701. The molecule has 0 aliphatic carbocycles. The molecule has 2 aromatic carbocycles. The zero-order chi connectivity index (χ0) is 13.1. The maximum absolute atomic E-state index is 5.98. The summed E-state index contributed by atoms with van der Waals surface area (Å²) in [5.41, 5.74) is 3.46. The number of aryl methyl sites for hydroxylation is 1. The van der Waals surface area contributed by atoms with Crippen LogP contribution >= 0.6 is 43.5 Å². The Morgan fingerprint density at radius 1 is 1.06 bits per heavy atom. The van der Waals surface area contributed by atoms with Crippen LogP contribution in [0.4, 0.5) is 5.69 Å². The molecule has 94 valence electrons. The van der Waals surface area contributed by atoms with Gasteiger partial charge in [0.15, 0.2) is 0 Å². The molecular formula is C14H12Br2ClN. The molecule has 0 aromatic heterocycles. The number of anilines is 1. The number of hydrogen-bond donors (Lipinski definition) is 1. The standard InChI is InChI=1S/C14H12Br2ClN/c1-9-2-3-10(6-13(9)16)8-18-14-7-11(17)4-5-12(14)15/h2-7,18H,8H2,1H3. The molecular weight excluding hydrogens is 377 g/mol. The Morgan fingerprint density at radius 3 is 2.56 bits per heavy atom. The van der Waals surface area contributed by atoms with Crippen molar-refractivity contribution in [1.29, 1.82) is 0 Å². The average molecular weight is 390 g/mol. The molecule has 0 fully saturated rings. The van der Waals surface area contributed by atoms with Crippen molar-refractivity contribution in [2.24, 2.45) is 0 Å². The van der Waals surface area contributed by atoms with Gasteiger partial charge in [0, 0.05) is 20.5 Å². The van der Waals surface area contributed by atoms with Crippen LogP contribution in [-0.2, 0) is 6.54 Å². The van der Waals surface area contributed by atoms with Gasteiger partial charge in [0.2, 0.25) is 0 Å². The van der Waals surface area contributed by atoms with Crippen LogP contribution in [0.5, 0.6) is 0 Å². The minimum absolute atomic E-state index is 0.728. The van der Waals surface area contributed by atoms with Gasteiger partial charge in [-0.05, 0) is 58.2 Å². The summed E-state index contributed by atoms with van der Waals surface area (Å²) in [6.45, 7) is 2.84. The van der Waals surface area contributed by atoms with E-state index in [0.29, 0.717) is 0 Å². The molecule has 18 heavy (non-hydrogen) atoms. The fraction of sp³-hybridized carbons (Fsp3) is 0.143. The van der Waals surface area contributed by atoms with Crippen LogP contribution in [0.3, 0.4) is 0 Å². The van der Waals surface area contributed by atoms with Gasteiger partial charge in [-0.25, -0.2) is 0 Å². The van der Waals surface area contributed by atoms with Crippen LogP contribution in [0, 0.1) is 6.92 Å². The fourth-order valence-electron chi connectivity index (χ4n) is 1.58. The van der Waals surface area contributed by atoms with Crippen molar-refractivity contribution in [3.63, 3.8) is 0 Å². The second-order valence-corrected chi connectivity index (χ2v) is 6.21. The first-order chi connectivity index (χ1) is 8.56. The molecule has 0 radical (unpaired) electrons. The summed E-state index contributed by atoms with van der Waals surface area (Å²) in [4.78, 5) is 0. The third-order valence-corrected chi connectivity index (χ3v) is 4.43. The monoisotopic (exact) mass is 387 g/mol. The summed E-state index contributed by atoms with van der Waals surface area (Å²) in [6, 6.07) is 12.1. The predicted octanol–water partition coefficient (Wildman–Crippen LogP) is 5.79. The lowest BCUT2D eigenvalue weighted by atomic mass is 10.1. The van der Waals surface area contributed by atoms with E-state index in [0.717, 1.165) is 26.2 Å². The SMILES string of the molecule is Cc1ccc(CNc2cc(Cl)ccc2Br)cc1Br. The Hall–Kier alpha value is -0.510. The average Bonchev–Trinajstić information content (AvgIpc) is 2.34. The van der Waals surface area contributed by atoms with Crippen LogP contribution in [0.2, 0.25) is 5.02 Å². The maximum Gasteiger partial charge on any atom is 0.0502 e. The number of benzene rings is 2. The zero-order valence-corrected chi connectivity index (χ0v) is 13.7. The Labute approximate surface area is 129 Å². The molecule has 1 N–H and O–H groups in total. The molecule has 1 nitrogen and oxygen atoms in total. The van der Waals surface area contributed by atoms with Crippen LogP contribution in [0.15, 0.2) is 45.3 Å². The lowest BCUT2D eigenvalue weighted by molar-refractivity contribution is 1.14. The molecule has 0 unspecified atom stereocenters. The van der Waals surface area contributed by atoms with Crippen LogP contribution in [-0.4, -0.2) is 0 Å². The molecule has 0 spiro atoms. The Balaban J connectivity index is 2.11. The minimum atomic E-state index is 0.728. The Kier molecular flexibility index (Phi) is 4.71. The molecule has 2 rings (SSSR count). The van der Waals surface area contributed by atoms with Gasteiger partial charge in [0.1, 0.15) is 0 Å². The highest BCUT2D eigenvalue weighted by atomic mass is 79.9. The van der Waals surface area contributed by atoms with Crippen molar-refractivity contribution in [3.8, 4) is 0 Å². The lowest BCUT2D eigenvalue weighted by Gasteiger charge is -2.10. The topological polar surface area (TPSA) is 12.0 Å². The van der Waals surface area contributed by atoms with Crippen molar-refractivity contribution >= 4 is 49.1 Å². The first kappa shape index (κ1) is 13.9.